The van der Waals surface area contributed by atoms with Gasteiger partial charge >= 0.3 is 6.18 Å². The summed E-state index contributed by atoms with van der Waals surface area (Å²) in [5, 5.41) is 12.2. The maximum Gasteiger partial charge on any atom is 0.391 e. The SMILES string of the molecule is Cc1ccc(NC(=O)C2CCC(C(F)(F)F)CC2)cc1O. The van der Waals surface area contributed by atoms with E-state index in [4.69, 9.17) is 0 Å². The molecule has 1 fully saturated rings. The standard InChI is InChI=1S/C15H18F3NO2/c1-9-2-7-12(8-13(9)20)19-14(21)10-3-5-11(6-4-10)15(16,17)18/h2,7-8,10-11,20H,3-6H2,1H3,(H,19,21). The van der Waals surface area contributed by atoms with Crippen molar-refractivity contribution in [2.24, 2.45) is 11.8 Å². The molecule has 0 saturated heterocycles. The van der Waals surface area contributed by atoms with Crippen LogP contribution in [0.1, 0.15) is 31.2 Å². The minimum absolute atomic E-state index is 0.000729. The minimum Gasteiger partial charge on any atom is -0.508 e. The number of hydrogen-bond acceptors (Lipinski definition) is 2. The summed E-state index contributed by atoms with van der Waals surface area (Å²) in [6.07, 6.45) is -3.67. The van der Waals surface area contributed by atoms with Crippen molar-refractivity contribution in [1.29, 1.82) is 0 Å². The van der Waals surface area contributed by atoms with Crippen molar-refractivity contribution in [3.63, 3.8) is 0 Å². The quantitative estimate of drug-likeness (QED) is 0.867. The second-order valence-electron chi connectivity index (χ2n) is 5.58. The van der Waals surface area contributed by atoms with E-state index < -0.39 is 18.0 Å². The lowest BCUT2D eigenvalue weighted by molar-refractivity contribution is -0.184. The first-order valence-corrected chi connectivity index (χ1v) is 6.94. The summed E-state index contributed by atoms with van der Waals surface area (Å²) in [6, 6.07) is 4.77. The van der Waals surface area contributed by atoms with Crippen molar-refractivity contribution in [1.82, 2.24) is 0 Å². The number of carbonyl (C=O) groups excluding carboxylic acids is 1. The van der Waals surface area contributed by atoms with Gasteiger partial charge in [-0.15, -0.1) is 0 Å². The number of rotatable bonds is 2. The lowest BCUT2D eigenvalue weighted by Crippen LogP contribution is -2.32. The molecule has 0 heterocycles. The third-order valence-corrected chi connectivity index (χ3v) is 4.04. The first-order chi connectivity index (χ1) is 9.77. The van der Waals surface area contributed by atoms with Gasteiger partial charge in [0.25, 0.3) is 0 Å². The van der Waals surface area contributed by atoms with E-state index in [-0.39, 0.29) is 37.3 Å². The summed E-state index contributed by atoms with van der Waals surface area (Å²) in [6.45, 7) is 1.74. The lowest BCUT2D eigenvalue weighted by atomic mass is 9.81. The van der Waals surface area contributed by atoms with Crippen LogP contribution in [0, 0.1) is 18.8 Å². The van der Waals surface area contributed by atoms with Crippen molar-refractivity contribution in [2.75, 3.05) is 5.32 Å². The number of carbonyl (C=O) groups is 1. The van der Waals surface area contributed by atoms with E-state index in [1.54, 1.807) is 19.1 Å². The van der Waals surface area contributed by atoms with Gasteiger partial charge in [-0.1, -0.05) is 6.07 Å². The van der Waals surface area contributed by atoms with E-state index >= 15 is 0 Å². The summed E-state index contributed by atoms with van der Waals surface area (Å²) in [5.41, 5.74) is 1.15. The number of hydrogen-bond donors (Lipinski definition) is 2. The Bertz CT molecular complexity index is 520. The maximum absolute atomic E-state index is 12.6. The number of anilines is 1. The first-order valence-electron chi connectivity index (χ1n) is 6.94. The number of phenols is 1. The molecule has 0 spiro atoms. The highest BCUT2D eigenvalue weighted by Gasteiger charge is 2.42. The first kappa shape index (κ1) is 15.7. The minimum atomic E-state index is -4.16. The molecule has 1 aliphatic rings. The molecule has 1 aromatic carbocycles. The molecule has 116 valence electrons. The maximum atomic E-state index is 12.6. The van der Waals surface area contributed by atoms with Gasteiger partial charge in [0.05, 0.1) is 5.92 Å². The van der Waals surface area contributed by atoms with E-state index in [9.17, 15) is 23.1 Å². The van der Waals surface area contributed by atoms with E-state index in [1.807, 2.05) is 0 Å². The number of aryl methyl sites for hydroxylation is 1. The Morgan fingerprint density at radius 3 is 2.38 bits per heavy atom. The Hall–Kier alpha value is -1.72. The van der Waals surface area contributed by atoms with Crippen LogP contribution < -0.4 is 5.32 Å². The number of aromatic hydroxyl groups is 1. The van der Waals surface area contributed by atoms with Gasteiger partial charge in [-0.2, -0.15) is 13.2 Å². The van der Waals surface area contributed by atoms with Crippen molar-refractivity contribution >= 4 is 11.6 Å². The second-order valence-corrected chi connectivity index (χ2v) is 5.58. The zero-order valence-corrected chi connectivity index (χ0v) is 11.7. The largest absolute Gasteiger partial charge is 0.508 e. The van der Waals surface area contributed by atoms with Crippen LogP contribution >= 0.6 is 0 Å². The number of amides is 1. The average molecular weight is 301 g/mol. The van der Waals surface area contributed by atoms with Crippen LogP contribution in [0.25, 0.3) is 0 Å². The highest BCUT2D eigenvalue weighted by molar-refractivity contribution is 5.92. The molecule has 0 radical (unpaired) electrons. The number of nitrogens with one attached hydrogen (secondary N) is 1. The molecule has 0 unspecified atom stereocenters. The van der Waals surface area contributed by atoms with Gasteiger partial charge in [0.15, 0.2) is 0 Å². The van der Waals surface area contributed by atoms with E-state index in [0.29, 0.717) is 11.3 Å². The fraction of sp³-hybridized carbons (Fsp3) is 0.533. The Labute approximate surface area is 121 Å². The molecular formula is C15H18F3NO2. The molecule has 1 aromatic rings. The smallest absolute Gasteiger partial charge is 0.391 e. The van der Waals surface area contributed by atoms with Crippen molar-refractivity contribution < 1.29 is 23.1 Å². The molecular weight excluding hydrogens is 283 g/mol. The van der Waals surface area contributed by atoms with Crippen LogP contribution in [-0.4, -0.2) is 17.2 Å². The van der Waals surface area contributed by atoms with Crippen LogP contribution in [0.3, 0.4) is 0 Å². The third-order valence-electron chi connectivity index (χ3n) is 4.04. The normalized spacial score (nSPS) is 22.9. The van der Waals surface area contributed by atoms with Gasteiger partial charge in [0.2, 0.25) is 5.91 Å². The Morgan fingerprint density at radius 1 is 1.24 bits per heavy atom. The summed E-state index contributed by atoms with van der Waals surface area (Å²) in [5.74, 6) is -1.88. The molecule has 0 aromatic heterocycles. The summed E-state index contributed by atoms with van der Waals surface area (Å²) in [4.78, 5) is 12.0. The van der Waals surface area contributed by atoms with Crippen LogP contribution in [-0.2, 0) is 4.79 Å². The molecule has 21 heavy (non-hydrogen) atoms. The molecule has 6 heteroatoms. The molecule has 1 amide bonds. The van der Waals surface area contributed by atoms with E-state index in [1.165, 1.54) is 6.07 Å². The van der Waals surface area contributed by atoms with Crippen LogP contribution in [0.15, 0.2) is 18.2 Å². The van der Waals surface area contributed by atoms with E-state index in [0.717, 1.165) is 0 Å². The van der Waals surface area contributed by atoms with Gasteiger partial charge < -0.3 is 10.4 Å². The molecule has 1 aliphatic carbocycles. The lowest BCUT2D eigenvalue weighted by Gasteiger charge is -2.29. The number of phenolic OH excluding ortho intramolecular Hbond substituents is 1. The van der Waals surface area contributed by atoms with E-state index in [2.05, 4.69) is 5.32 Å². The fourth-order valence-electron chi connectivity index (χ4n) is 2.61. The van der Waals surface area contributed by atoms with Crippen LogP contribution in [0.2, 0.25) is 0 Å². The molecule has 2 rings (SSSR count). The number of benzene rings is 1. The van der Waals surface area contributed by atoms with Crippen molar-refractivity contribution in [2.45, 2.75) is 38.8 Å². The van der Waals surface area contributed by atoms with Gasteiger partial charge in [-0.05, 0) is 44.2 Å². The predicted octanol–water partition coefficient (Wildman–Crippen LogP) is 4.01. The molecule has 1 saturated carbocycles. The third kappa shape index (κ3) is 3.89. The highest BCUT2D eigenvalue weighted by Crippen LogP contribution is 2.39. The van der Waals surface area contributed by atoms with Crippen molar-refractivity contribution in [3.05, 3.63) is 23.8 Å². The Morgan fingerprint density at radius 2 is 1.86 bits per heavy atom. The summed E-state index contributed by atoms with van der Waals surface area (Å²) in [7, 11) is 0. The highest BCUT2D eigenvalue weighted by atomic mass is 19.4. The summed E-state index contributed by atoms with van der Waals surface area (Å²) >= 11 is 0. The molecule has 0 aliphatic heterocycles. The van der Waals surface area contributed by atoms with Crippen molar-refractivity contribution in [3.8, 4) is 5.75 Å². The molecule has 0 bridgehead atoms. The predicted molar refractivity (Wildman–Crippen MR) is 73.0 cm³/mol. The van der Waals surface area contributed by atoms with Gasteiger partial charge in [0.1, 0.15) is 5.75 Å². The zero-order valence-electron chi connectivity index (χ0n) is 11.7. The monoisotopic (exact) mass is 301 g/mol. The van der Waals surface area contributed by atoms with Gasteiger partial charge in [0, 0.05) is 17.7 Å². The molecule has 3 nitrogen and oxygen atoms in total. The number of halogens is 3. The van der Waals surface area contributed by atoms with Gasteiger partial charge in [-0.25, -0.2) is 0 Å². The molecule has 0 atom stereocenters. The summed E-state index contributed by atoms with van der Waals surface area (Å²) < 4.78 is 37.7. The zero-order chi connectivity index (χ0) is 15.6. The molecule has 2 N–H and O–H groups in total. The Balaban J connectivity index is 1.92. The fourth-order valence-corrected chi connectivity index (χ4v) is 2.61. The second kappa shape index (κ2) is 5.95. The number of alkyl halides is 3. The van der Waals surface area contributed by atoms with Crippen LogP contribution in [0.4, 0.5) is 18.9 Å². The average Bonchev–Trinajstić information content (AvgIpc) is 2.42. The van der Waals surface area contributed by atoms with Gasteiger partial charge in [-0.3, -0.25) is 4.79 Å². The van der Waals surface area contributed by atoms with Crippen LogP contribution in [0.5, 0.6) is 5.75 Å². The Kier molecular flexibility index (Phi) is 4.44. The topological polar surface area (TPSA) is 49.3 Å².